The average molecular weight is 286 g/mol. The van der Waals surface area contributed by atoms with E-state index >= 15 is 0 Å². The van der Waals surface area contributed by atoms with Gasteiger partial charge in [0, 0.05) is 12.6 Å². The predicted molar refractivity (Wildman–Crippen MR) is 75.6 cm³/mol. The molecule has 0 aromatic rings. The molecule has 1 rings (SSSR count). The van der Waals surface area contributed by atoms with Crippen molar-refractivity contribution in [1.82, 2.24) is 10.2 Å². The van der Waals surface area contributed by atoms with Gasteiger partial charge >= 0.3 is 5.97 Å². The SMILES string of the molecule is CCN(C(=O)CCOC1CCNCC1)C(C)CC(=O)O. The number of amides is 1. The maximum atomic E-state index is 12.1. The molecule has 0 radical (unpaired) electrons. The van der Waals surface area contributed by atoms with Gasteiger partial charge in [-0.05, 0) is 39.8 Å². The number of carboxylic acid groups (broad SMARTS) is 1. The van der Waals surface area contributed by atoms with Gasteiger partial charge in [-0.1, -0.05) is 0 Å². The number of carbonyl (C=O) groups is 2. The summed E-state index contributed by atoms with van der Waals surface area (Å²) in [6.07, 6.45) is 2.52. The quantitative estimate of drug-likeness (QED) is 0.692. The van der Waals surface area contributed by atoms with Gasteiger partial charge in [-0.25, -0.2) is 0 Å². The molecule has 1 heterocycles. The van der Waals surface area contributed by atoms with E-state index in [0.29, 0.717) is 19.6 Å². The third-order valence-corrected chi connectivity index (χ3v) is 3.62. The first-order chi connectivity index (χ1) is 9.54. The minimum absolute atomic E-state index is 0.0191. The lowest BCUT2D eigenvalue weighted by Gasteiger charge is -2.28. The smallest absolute Gasteiger partial charge is 0.305 e. The molecule has 0 aromatic carbocycles. The molecule has 1 unspecified atom stereocenters. The Morgan fingerprint density at radius 3 is 2.60 bits per heavy atom. The molecule has 20 heavy (non-hydrogen) atoms. The van der Waals surface area contributed by atoms with E-state index in [1.807, 2.05) is 6.92 Å². The van der Waals surface area contributed by atoms with Gasteiger partial charge < -0.3 is 20.1 Å². The first-order valence-corrected chi connectivity index (χ1v) is 7.38. The lowest BCUT2D eigenvalue weighted by Crippen LogP contribution is -2.40. The van der Waals surface area contributed by atoms with Gasteiger partial charge in [-0.15, -0.1) is 0 Å². The third-order valence-electron chi connectivity index (χ3n) is 3.62. The molecule has 0 bridgehead atoms. The Labute approximate surface area is 120 Å². The molecular formula is C14H26N2O4. The minimum atomic E-state index is -0.880. The highest BCUT2D eigenvalue weighted by molar-refractivity contribution is 5.77. The van der Waals surface area contributed by atoms with E-state index in [0.717, 1.165) is 25.9 Å². The van der Waals surface area contributed by atoms with Crippen LogP contribution >= 0.6 is 0 Å². The van der Waals surface area contributed by atoms with Crippen LogP contribution in [-0.4, -0.2) is 60.3 Å². The number of carbonyl (C=O) groups excluding carboxylic acids is 1. The van der Waals surface area contributed by atoms with Crippen LogP contribution in [0.2, 0.25) is 0 Å². The molecule has 0 aliphatic carbocycles. The zero-order valence-electron chi connectivity index (χ0n) is 12.4. The van der Waals surface area contributed by atoms with Crippen LogP contribution in [0, 0.1) is 0 Å². The first-order valence-electron chi connectivity index (χ1n) is 7.38. The van der Waals surface area contributed by atoms with Crippen LogP contribution in [0.3, 0.4) is 0 Å². The summed E-state index contributed by atoms with van der Waals surface area (Å²) in [5.74, 6) is -0.912. The summed E-state index contributed by atoms with van der Waals surface area (Å²) in [5, 5.41) is 12.1. The highest BCUT2D eigenvalue weighted by atomic mass is 16.5. The Morgan fingerprint density at radius 1 is 1.40 bits per heavy atom. The standard InChI is InChI=1S/C14H26N2O4/c1-3-16(11(2)10-14(18)19)13(17)6-9-20-12-4-7-15-8-5-12/h11-12,15H,3-10H2,1-2H3,(H,18,19). The number of aliphatic carboxylic acids is 1. The molecule has 0 spiro atoms. The number of rotatable bonds is 8. The maximum Gasteiger partial charge on any atom is 0.305 e. The molecule has 1 aliphatic heterocycles. The number of piperidine rings is 1. The number of hydrogen-bond donors (Lipinski definition) is 2. The van der Waals surface area contributed by atoms with Crippen molar-refractivity contribution < 1.29 is 19.4 Å². The van der Waals surface area contributed by atoms with Crippen molar-refractivity contribution in [2.45, 2.75) is 51.7 Å². The molecule has 1 fully saturated rings. The summed E-state index contributed by atoms with van der Waals surface area (Å²) in [5.41, 5.74) is 0. The van der Waals surface area contributed by atoms with E-state index in [1.54, 1.807) is 11.8 Å². The summed E-state index contributed by atoms with van der Waals surface area (Å²) < 4.78 is 5.71. The van der Waals surface area contributed by atoms with E-state index in [9.17, 15) is 9.59 Å². The van der Waals surface area contributed by atoms with Gasteiger partial charge in [-0.2, -0.15) is 0 Å². The van der Waals surface area contributed by atoms with Crippen LogP contribution in [0.4, 0.5) is 0 Å². The monoisotopic (exact) mass is 286 g/mol. The summed E-state index contributed by atoms with van der Waals surface area (Å²) in [6.45, 7) is 6.51. The fourth-order valence-electron chi connectivity index (χ4n) is 2.52. The Hall–Kier alpha value is -1.14. The van der Waals surface area contributed by atoms with Crippen LogP contribution in [0.25, 0.3) is 0 Å². The molecule has 6 heteroatoms. The summed E-state index contributed by atoms with van der Waals surface area (Å²) in [4.78, 5) is 24.4. The fourth-order valence-corrected chi connectivity index (χ4v) is 2.52. The number of ether oxygens (including phenoxy) is 1. The summed E-state index contributed by atoms with van der Waals surface area (Å²) >= 11 is 0. The Balaban J connectivity index is 2.29. The zero-order valence-corrected chi connectivity index (χ0v) is 12.4. The van der Waals surface area contributed by atoms with Crippen molar-refractivity contribution in [2.24, 2.45) is 0 Å². The molecule has 1 amide bonds. The van der Waals surface area contributed by atoms with Gasteiger partial charge in [0.1, 0.15) is 0 Å². The van der Waals surface area contributed by atoms with E-state index < -0.39 is 5.97 Å². The molecular weight excluding hydrogens is 260 g/mol. The van der Waals surface area contributed by atoms with Crippen LogP contribution in [-0.2, 0) is 14.3 Å². The highest BCUT2D eigenvalue weighted by Crippen LogP contribution is 2.10. The highest BCUT2D eigenvalue weighted by Gasteiger charge is 2.21. The van der Waals surface area contributed by atoms with Crippen molar-refractivity contribution in [2.75, 3.05) is 26.2 Å². The lowest BCUT2D eigenvalue weighted by atomic mass is 10.1. The Bertz CT molecular complexity index is 316. The lowest BCUT2D eigenvalue weighted by molar-refractivity contribution is -0.140. The van der Waals surface area contributed by atoms with E-state index in [2.05, 4.69) is 5.32 Å². The topological polar surface area (TPSA) is 78.9 Å². The normalized spacial score (nSPS) is 17.7. The minimum Gasteiger partial charge on any atom is -0.481 e. The van der Waals surface area contributed by atoms with Gasteiger partial charge in [0.25, 0.3) is 0 Å². The van der Waals surface area contributed by atoms with Crippen molar-refractivity contribution in [3.8, 4) is 0 Å². The van der Waals surface area contributed by atoms with Gasteiger partial charge in [0.2, 0.25) is 5.91 Å². The molecule has 0 saturated carbocycles. The molecule has 2 N–H and O–H groups in total. The van der Waals surface area contributed by atoms with Gasteiger partial charge in [0.15, 0.2) is 0 Å². The average Bonchev–Trinajstić information content (AvgIpc) is 2.40. The second-order valence-corrected chi connectivity index (χ2v) is 5.20. The van der Waals surface area contributed by atoms with E-state index in [1.165, 1.54) is 0 Å². The Morgan fingerprint density at radius 2 is 2.05 bits per heavy atom. The third kappa shape index (κ3) is 5.88. The zero-order chi connectivity index (χ0) is 15.0. The van der Waals surface area contributed by atoms with Crippen LogP contribution < -0.4 is 5.32 Å². The van der Waals surface area contributed by atoms with Gasteiger partial charge in [-0.3, -0.25) is 9.59 Å². The van der Waals surface area contributed by atoms with Crippen molar-refractivity contribution in [3.05, 3.63) is 0 Å². The summed E-state index contributed by atoms with van der Waals surface area (Å²) in [7, 11) is 0. The van der Waals surface area contributed by atoms with Gasteiger partial charge in [0.05, 0.1) is 25.6 Å². The molecule has 116 valence electrons. The van der Waals surface area contributed by atoms with Crippen LogP contribution in [0.1, 0.15) is 39.5 Å². The Kier molecular flexibility index (Phi) is 7.54. The molecule has 6 nitrogen and oxygen atoms in total. The first kappa shape index (κ1) is 16.9. The molecule has 1 saturated heterocycles. The van der Waals surface area contributed by atoms with E-state index in [4.69, 9.17) is 9.84 Å². The second-order valence-electron chi connectivity index (χ2n) is 5.20. The number of carboxylic acids is 1. The van der Waals surface area contributed by atoms with Crippen LogP contribution in [0.15, 0.2) is 0 Å². The number of nitrogens with one attached hydrogen (secondary N) is 1. The fraction of sp³-hybridized carbons (Fsp3) is 0.857. The van der Waals surface area contributed by atoms with Crippen molar-refractivity contribution in [1.29, 1.82) is 0 Å². The van der Waals surface area contributed by atoms with Crippen molar-refractivity contribution >= 4 is 11.9 Å². The molecule has 1 atom stereocenters. The van der Waals surface area contributed by atoms with E-state index in [-0.39, 0.29) is 24.5 Å². The largest absolute Gasteiger partial charge is 0.481 e. The van der Waals surface area contributed by atoms with Crippen molar-refractivity contribution in [3.63, 3.8) is 0 Å². The number of hydrogen-bond acceptors (Lipinski definition) is 4. The molecule has 0 aromatic heterocycles. The van der Waals surface area contributed by atoms with Crippen LogP contribution in [0.5, 0.6) is 0 Å². The second kappa shape index (κ2) is 8.92. The summed E-state index contributed by atoms with van der Waals surface area (Å²) in [6, 6.07) is -0.274. The number of nitrogens with zero attached hydrogens (tertiary/aromatic N) is 1. The predicted octanol–water partition coefficient (Wildman–Crippen LogP) is 0.857. The molecule has 1 aliphatic rings. The maximum absolute atomic E-state index is 12.1.